The zero-order valence-electron chi connectivity index (χ0n) is 11.4. The maximum absolute atomic E-state index is 12.4. The van der Waals surface area contributed by atoms with E-state index in [0.29, 0.717) is 18.2 Å². The van der Waals surface area contributed by atoms with Crippen LogP contribution in [0.2, 0.25) is 0 Å². The minimum atomic E-state index is -0.181. The third-order valence-electron chi connectivity index (χ3n) is 2.90. The number of ether oxygens (including phenoxy) is 1. The van der Waals surface area contributed by atoms with Crippen LogP contribution in [0.5, 0.6) is 0 Å². The summed E-state index contributed by atoms with van der Waals surface area (Å²) in [4.78, 5) is 22.5. The van der Waals surface area contributed by atoms with E-state index in [4.69, 9.17) is 4.74 Å². The summed E-state index contributed by atoms with van der Waals surface area (Å²) in [6.45, 7) is 7.20. The van der Waals surface area contributed by atoms with Crippen molar-refractivity contribution in [3.63, 3.8) is 0 Å². The molecular formula is C13H19N3O2S. The number of carbonyl (C=O) groups is 1. The number of aromatic nitrogens is 2. The van der Waals surface area contributed by atoms with E-state index in [9.17, 15) is 4.79 Å². The molecule has 19 heavy (non-hydrogen) atoms. The number of carbonyl (C=O) groups excluding carboxylic acids is 1. The van der Waals surface area contributed by atoms with Crippen LogP contribution in [0.1, 0.15) is 20.8 Å². The van der Waals surface area contributed by atoms with E-state index in [-0.39, 0.29) is 23.4 Å². The van der Waals surface area contributed by atoms with Gasteiger partial charge in [0, 0.05) is 25.5 Å². The number of hydrogen-bond acceptors (Lipinski definition) is 5. The van der Waals surface area contributed by atoms with Gasteiger partial charge in [0.15, 0.2) is 5.16 Å². The summed E-state index contributed by atoms with van der Waals surface area (Å²) in [5.74, 6) is 0.124. The first kappa shape index (κ1) is 14.3. The lowest BCUT2D eigenvalue weighted by molar-refractivity contribution is -0.142. The third-order valence-corrected chi connectivity index (χ3v) is 3.88. The van der Waals surface area contributed by atoms with Crippen LogP contribution < -0.4 is 0 Å². The molecule has 1 aliphatic heterocycles. The first-order valence-corrected chi connectivity index (χ1v) is 7.32. The normalized spacial score (nSPS) is 25.1. The number of rotatable bonds is 3. The first-order valence-electron chi connectivity index (χ1n) is 6.44. The molecule has 1 aromatic heterocycles. The van der Waals surface area contributed by atoms with Crippen molar-refractivity contribution in [3.05, 3.63) is 18.5 Å². The summed E-state index contributed by atoms with van der Waals surface area (Å²) in [5.41, 5.74) is 0. The molecule has 0 radical (unpaired) electrons. The number of thioether (sulfide) groups is 1. The summed E-state index contributed by atoms with van der Waals surface area (Å²) in [5, 5.41) is 0.456. The predicted molar refractivity (Wildman–Crippen MR) is 73.9 cm³/mol. The molecule has 0 spiro atoms. The molecule has 1 fully saturated rings. The van der Waals surface area contributed by atoms with Crippen LogP contribution >= 0.6 is 11.8 Å². The van der Waals surface area contributed by atoms with Crippen LogP contribution in [0, 0.1) is 0 Å². The van der Waals surface area contributed by atoms with Gasteiger partial charge in [-0.25, -0.2) is 9.97 Å². The van der Waals surface area contributed by atoms with Crippen molar-refractivity contribution in [2.24, 2.45) is 0 Å². The molecule has 1 saturated heterocycles. The van der Waals surface area contributed by atoms with Gasteiger partial charge in [-0.1, -0.05) is 11.8 Å². The fourth-order valence-electron chi connectivity index (χ4n) is 2.17. The van der Waals surface area contributed by atoms with Crippen molar-refractivity contribution in [3.8, 4) is 0 Å². The molecule has 0 aromatic carbocycles. The SMILES string of the molecule is CC1CN(C(=O)C(C)Sc2ncccn2)CC(C)O1. The standard InChI is InChI=1S/C13H19N3O2S/c1-9-7-16(8-10(2)18-9)12(17)11(3)19-13-14-5-4-6-15-13/h4-6,9-11H,7-8H2,1-3H3. The Bertz CT molecular complexity index is 419. The van der Waals surface area contributed by atoms with E-state index in [1.807, 2.05) is 25.7 Å². The Morgan fingerprint density at radius 2 is 1.95 bits per heavy atom. The zero-order valence-corrected chi connectivity index (χ0v) is 12.3. The van der Waals surface area contributed by atoms with E-state index in [2.05, 4.69) is 9.97 Å². The van der Waals surface area contributed by atoms with Gasteiger partial charge in [-0.2, -0.15) is 0 Å². The van der Waals surface area contributed by atoms with Gasteiger partial charge in [0.1, 0.15) is 0 Å². The van der Waals surface area contributed by atoms with E-state index < -0.39 is 0 Å². The van der Waals surface area contributed by atoms with Gasteiger partial charge in [-0.05, 0) is 26.8 Å². The second-order valence-electron chi connectivity index (χ2n) is 4.79. The number of morpholine rings is 1. The Labute approximate surface area is 117 Å². The number of amides is 1. The Morgan fingerprint density at radius 3 is 2.53 bits per heavy atom. The molecule has 2 rings (SSSR count). The molecule has 5 nitrogen and oxygen atoms in total. The van der Waals surface area contributed by atoms with Crippen molar-refractivity contribution in [2.75, 3.05) is 13.1 Å². The Morgan fingerprint density at radius 1 is 1.37 bits per heavy atom. The largest absolute Gasteiger partial charge is 0.372 e. The van der Waals surface area contributed by atoms with Gasteiger partial charge in [-0.3, -0.25) is 4.79 Å². The summed E-state index contributed by atoms with van der Waals surface area (Å²) in [6, 6.07) is 1.77. The zero-order chi connectivity index (χ0) is 13.8. The molecule has 3 atom stereocenters. The Hall–Kier alpha value is -1.14. The molecule has 2 heterocycles. The van der Waals surface area contributed by atoms with Crippen molar-refractivity contribution in [1.82, 2.24) is 14.9 Å². The highest BCUT2D eigenvalue weighted by atomic mass is 32.2. The van der Waals surface area contributed by atoms with Gasteiger partial charge in [0.25, 0.3) is 0 Å². The summed E-state index contributed by atoms with van der Waals surface area (Å²) < 4.78 is 5.64. The maximum atomic E-state index is 12.4. The van der Waals surface area contributed by atoms with E-state index in [1.54, 1.807) is 18.5 Å². The minimum Gasteiger partial charge on any atom is -0.372 e. The molecule has 1 aliphatic rings. The molecule has 6 heteroatoms. The van der Waals surface area contributed by atoms with Crippen molar-refractivity contribution < 1.29 is 9.53 Å². The highest BCUT2D eigenvalue weighted by Gasteiger charge is 2.29. The van der Waals surface area contributed by atoms with Crippen LogP contribution in [0.4, 0.5) is 0 Å². The second kappa shape index (κ2) is 6.34. The van der Waals surface area contributed by atoms with Gasteiger partial charge in [0.2, 0.25) is 5.91 Å². The van der Waals surface area contributed by atoms with Gasteiger partial charge < -0.3 is 9.64 Å². The van der Waals surface area contributed by atoms with E-state index in [1.165, 1.54) is 11.8 Å². The molecule has 0 N–H and O–H groups in total. The molecular weight excluding hydrogens is 262 g/mol. The average molecular weight is 281 g/mol. The molecule has 0 bridgehead atoms. The molecule has 3 unspecified atom stereocenters. The topological polar surface area (TPSA) is 55.3 Å². The molecule has 1 amide bonds. The first-order chi connectivity index (χ1) is 9.06. The summed E-state index contributed by atoms with van der Waals surface area (Å²) in [6.07, 6.45) is 3.56. The Balaban J connectivity index is 1.95. The smallest absolute Gasteiger partial charge is 0.236 e. The van der Waals surface area contributed by atoms with Crippen molar-refractivity contribution in [2.45, 2.75) is 43.4 Å². The van der Waals surface area contributed by atoms with Gasteiger partial charge in [0.05, 0.1) is 17.5 Å². The Kier molecular flexibility index (Phi) is 4.76. The lowest BCUT2D eigenvalue weighted by Crippen LogP contribution is -2.50. The molecule has 1 aromatic rings. The summed E-state index contributed by atoms with van der Waals surface area (Å²) in [7, 11) is 0. The average Bonchev–Trinajstić information content (AvgIpc) is 2.37. The van der Waals surface area contributed by atoms with Crippen LogP contribution in [0.25, 0.3) is 0 Å². The fraction of sp³-hybridized carbons (Fsp3) is 0.615. The van der Waals surface area contributed by atoms with Crippen LogP contribution in [-0.4, -0.2) is 51.3 Å². The van der Waals surface area contributed by atoms with E-state index in [0.717, 1.165) is 0 Å². The predicted octanol–water partition coefficient (Wildman–Crippen LogP) is 1.59. The third kappa shape index (κ3) is 3.91. The lowest BCUT2D eigenvalue weighted by atomic mass is 10.2. The summed E-state index contributed by atoms with van der Waals surface area (Å²) >= 11 is 1.39. The minimum absolute atomic E-state index is 0.0953. The van der Waals surface area contributed by atoms with Crippen molar-refractivity contribution >= 4 is 17.7 Å². The fourth-order valence-corrected chi connectivity index (χ4v) is 2.98. The van der Waals surface area contributed by atoms with Crippen LogP contribution in [0.15, 0.2) is 23.6 Å². The number of nitrogens with zero attached hydrogens (tertiary/aromatic N) is 3. The van der Waals surface area contributed by atoms with Crippen LogP contribution in [-0.2, 0) is 9.53 Å². The lowest BCUT2D eigenvalue weighted by Gasteiger charge is -2.36. The molecule has 104 valence electrons. The quantitative estimate of drug-likeness (QED) is 0.622. The molecule has 0 saturated carbocycles. The monoisotopic (exact) mass is 281 g/mol. The van der Waals surface area contributed by atoms with Crippen molar-refractivity contribution in [1.29, 1.82) is 0 Å². The highest BCUT2D eigenvalue weighted by molar-refractivity contribution is 8.00. The number of hydrogen-bond donors (Lipinski definition) is 0. The second-order valence-corrected chi connectivity index (χ2v) is 6.10. The maximum Gasteiger partial charge on any atom is 0.236 e. The van der Waals surface area contributed by atoms with E-state index >= 15 is 0 Å². The van der Waals surface area contributed by atoms with Crippen LogP contribution in [0.3, 0.4) is 0 Å². The molecule has 0 aliphatic carbocycles. The van der Waals surface area contributed by atoms with Gasteiger partial charge >= 0.3 is 0 Å². The van der Waals surface area contributed by atoms with Gasteiger partial charge in [-0.15, -0.1) is 0 Å². The highest BCUT2D eigenvalue weighted by Crippen LogP contribution is 2.22.